The van der Waals surface area contributed by atoms with E-state index in [1.807, 2.05) is 46.9 Å². The van der Waals surface area contributed by atoms with E-state index in [1.54, 1.807) is 0 Å². The van der Waals surface area contributed by atoms with Gasteiger partial charge < -0.3 is 4.42 Å². The van der Waals surface area contributed by atoms with E-state index in [0.29, 0.717) is 9.79 Å². The summed E-state index contributed by atoms with van der Waals surface area (Å²) in [6, 6.07) is 12.2. The molecule has 0 spiro atoms. The van der Waals surface area contributed by atoms with Crippen molar-refractivity contribution >= 4 is 49.3 Å². The van der Waals surface area contributed by atoms with Crippen LogP contribution in [0.5, 0.6) is 0 Å². The fraction of sp³-hybridized carbons (Fsp3) is 0. The third-order valence-electron chi connectivity index (χ3n) is 2.45. The third kappa shape index (κ3) is 2.21. The number of hydrogen-bond acceptors (Lipinski definition) is 3. The average molecular weight is 401 g/mol. The molecule has 0 amide bonds. The summed E-state index contributed by atoms with van der Waals surface area (Å²) in [7, 11) is 0. The van der Waals surface area contributed by atoms with Gasteiger partial charge >= 0.3 is 0 Å². The van der Waals surface area contributed by atoms with Crippen LogP contribution in [-0.4, -0.2) is 10.2 Å². The van der Waals surface area contributed by atoms with Gasteiger partial charge in [0.05, 0.1) is 0 Å². The maximum atomic E-state index is 5.40. The molecule has 5 heteroatoms. The van der Waals surface area contributed by atoms with Crippen LogP contribution < -0.4 is 0 Å². The van der Waals surface area contributed by atoms with Crippen molar-refractivity contribution in [3.63, 3.8) is 0 Å². The zero-order valence-corrected chi connectivity index (χ0v) is 12.3. The minimum Gasteiger partial charge on any atom is -0.412 e. The van der Waals surface area contributed by atoms with E-state index < -0.39 is 0 Å². The van der Waals surface area contributed by atoms with Gasteiger partial charge in [-0.15, -0.1) is 10.2 Å². The summed E-state index contributed by atoms with van der Waals surface area (Å²) in [6.07, 6.45) is 0. The summed E-state index contributed by atoms with van der Waals surface area (Å²) in [5, 5.41) is 10.2. The van der Waals surface area contributed by atoms with E-state index in [2.05, 4.69) is 38.3 Å². The molecule has 3 aromatic rings. The van der Waals surface area contributed by atoms with Crippen LogP contribution in [0.2, 0.25) is 0 Å². The Morgan fingerprint density at radius 1 is 1.00 bits per heavy atom. The molecule has 0 fully saturated rings. The number of halogens is 2. The summed E-state index contributed by atoms with van der Waals surface area (Å²) in [4.78, 5) is 0. The Labute approximate surface area is 120 Å². The van der Waals surface area contributed by atoms with Crippen molar-refractivity contribution in [3.8, 4) is 11.5 Å². The Morgan fingerprint density at radius 3 is 2.53 bits per heavy atom. The molecule has 0 atom stereocenters. The Bertz CT molecular complexity index is 696. The van der Waals surface area contributed by atoms with E-state index in [1.165, 1.54) is 5.39 Å². The molecular weight excluding hydrogens is 395 g/mol. The van der Waals surface area contributed by atoms with Gasteiger partial charge in [-0.25, -0.2) is 0 Å². The second-order valence-electron chi connectivity index (χ2n) is 3.57. The summed E-state index contributed by atoms with van der Waals surface area (Å²) in [5.74, 6) is 0.555. The standard InChI is InChI=1S/C12H6BrIN2O/c13-10-4-3-7-5-9(2-1-8(7)6-10)11-15-16-12(14)17-11/h1-6H. The number of rotatable bonds is 1. The molecule has 0 aliphatic rings. The lowest BCUT2D eigenvalue weighted by Crippen LogP contribution is -1.79. The molecule has 1 heterocycles. The monoisotopic (exact) mass is 400 g/mol. The molecule has 0 saturated carbocycles. The lowest BCUT2D eigenvalue weighted by molar-refractivity contribution is 0.537. The van der Waals surface area contributed by atoms with Gasteiger partial charge in [-0.3, -0.25) is 0 Å². The highest BCUT2D eigenvalue weighted by Crippen LogP contribution is 2.25. The highest BCUT2D eigenvalue weighted by atomic mass is 127. The average Bonchev–Trinajstić information content (AvgIpc) is 2.75. The smallest absolute Gasteiger partial charge is 0.278 e. The van der Waals surface area contributed by atoms with Gasteiger partial charge in [0.2, 0.25) is 5.89 Å². The van der Waals surface area contributed by atoms with E-state index >= 15 is 0 Å². The minimum absolute atomic E-state index is 0.550. The van der Waals surface area contributed by atoms with Gasteiger partial charge in [-0.1, -0.05) is 28.1 Å². The van der Waals surface area contributed by atoms with Crippen LogP contribution in [0.25, 0.3) is 22.2 Å². The maximum Gasteiger partial charge on any atom is 0.278 e. The van der Waals surface area contributed by atoms with Crippen LogP contribution in [0.3, 0.4) is 0 Å². The molecule has 0 unspecified atom stereocenters. The predicted octanol–water partition coefficient (Wildman–Crippen LogP) is 4.26. The highest BCUT2D eigenvalue weighted by molar-refractivity contribution is 14.1. The van der Waals surface area contributed by atoms with Crippen LogP contribution in [0.1, 0.15) is 0 Å². The first-order valence-corrected chi connectivity index (χ1v) is 6.78. The summed E-state index contributed by atoms with van der Waals surface area (Å²) in [5.41, 5.74) is 0.940. The van der Waals surface area contributed by atoms with Gasteiger partial charge in [0.15, 0.2) is 0 Å². The molecule has 1 aromatic heterocycles. The maximum absolute atomic E-state index is 5.40. The molecule has 3 rings (SSSR count). The van der Waals surface area contributed by atoms with Crippen molar-refractivity contribution in [1.29, 1.82) is 0 Å². The van der Waals surface area contributed by atoms with Crippen LogP contribution >= 0.6 is 38.5 Å². The zero-order valence-electron chi connectivity index (χ0n) is 8.52. The lowest BCUT2D eigenvalue weighted by Gasteiger charge is -2.00. The van der Waals surface area contributed by atoms with Gasteiger partial charge in [-0.05, 0) is 35.0 Å². The van der Waals surface area contributed by atoms with Crippen molar-refractivity contribution in [2.24, 2.45) is 0 Å². The summed E-state index contributed by atoms with van der Waals surface area (Å²) < 4.78 is 7.02. The molecule has 0 N–H and O–H groups in total. The first-order chi connectivity index (χ1) is 8.22. The highest BCUT2D eigenvalue weighted by Gasteiger charge is 2.07. The van der Waals surface area contributed by atoms with Crippen LogP contribution in [0.4, 0.5) is 0 Å². The second-order valence-corrected chi connectivity index (χ2v) is 5.40. The molecule has 0 saturated heterocycles. The Balaban J connectivity index is 2.16. The molecule has 3 nitrogen and oxygen atoms in total. The Hall–Kier alpha value is -0.950. The van der Waals surface area contributed by atoms with E-state index in [-0.39, 0.29) is 0 Å². The first-order valence-electron chi connectivity index (χ1n) is 4.91. The van der Waals surface area contributed by atoms with Crippen molar-refractivity contribution in [1.82, 2.24) is 10.2 Å². The lowest BCUT2D eigenvalue weighted by atomic mass is 10.1. The second kappa shape index (κ2) is 4.38. The van der Waals surface area contributed by atoms with E-state index in [9.17, 15) is 0 Å². The van der Waals surface area contributed by atoms with Crippen LogP contribution in [0.15, 0.2) is 45.3 Å². The molecule has 2 aromatic carbocycles. The van der Waals surface area contributed by atoms with Crippen molar-refractivity contribution < 1.29 is 4.42 Å². The molecule has 0 radical (unpaired) electrons. The van der Waals surface area contributed by atoms with E-state index in [4.69, 9.17) is 4.42 Å². The molecule has 0 aliphatic heterocycles. The van der Waals surface area contributed by atoms with Gasteiger partial charge in [0, 0.05) is 32.6 Å². The Kier molecular flexibility index (Phi) is 2.87. The van der Waals surface area contributed by atoms with Crippen molar-refractivity contribution in [3.05, 3.63) is 44.8 Å². The van der Waals surface area contributed by atoms with Crippen LogP contribution in [-0.2, 0) is 0 Å². The molecule has 17 heavy (non-hydrogen) atoms. The number of nitrogens with zero attached hydrogens (tertiary/aromatic N) is 2. The zero-order chi connectivity index (χ0) is 11.8. The fourth-order valence-electron chi connectivity index (χ4n) is 1.67. The largest absolute Gasteiger partial charge is 0.412 e. The molecular formula is C12H6BrIN2O. The topological polar surface area (TPSA) is 38.9 Å². The minimum atomic E-state index is 0.550. The molecule has 84 valence electrons. The van der Waals surface area contributed by atoms with E-state index in [0.717, 1.165) is 15.4 Å². The third-order valence-corrected chi connectivity index (χ3v) is 3.38. The van der Waals surface area contributed by atoms with Gasteiger partial charge in [0.1, 0.15) is 0 Å². The van der Waals surface area contributed by atoms with Gasteiger partial charge in [0.25, 0.3) is 3.90 Å². The number of fused-ring (bicyclic) bond motifs is 1. The summed E-state index contributed by atoms with van der Waals surface area (Å²) in [6.45, 7) is 0. The van der Waals surface area contributed by atoms with Gasteiger partial charge in [-0.2, -0.15) is 0 Å². The first kappa shape index (κ1) is 11.2. The van der Waals surface area contributed by atoms with Crippen LogP contribution in [0, 0.1) is 3.90 Å². The summed E-state index contributed by atoms with van der Waals surface area (Å²) >= 11 is 5.46. The number of hydrogen-bond donors (Lipinski definition) is 0. The number of benzene rings is 2. The SMILES string of the molecule is Brc1ccc2cc(-c3nnc(I)o3)ccc2c1. The molecule has 0 bridgehead atoms. The molecule has 0 aliphatic carbocycles. The van der Waals surface area contributed by atoms with Crippen molar-refractivity contribution in [2.75, 3.05) is 0 Å². The predicted molar refractivity (Wildman–Crippen MR) is 77.7 cm³/mol. The fourth-order valence-corrected chi connectivity index (χ4v) is 2.37. The van der Waals surface area contributed by atoms with Crippen molar-refractivity contribution in [2.45, 2.75) is 0 Å². The Morgan fingerprint density at radius 2 is 1.76 bits per heavy atom. The normalized spacial score (nSPS) is 10.9. The number of aromatic nitrogens is 2. The quantitative estimate of drug-likeness (QED) is 0.573.